The molecule has 5 rings (SSSR count). The highest BCUT2D eigenvalue weighted by Crippen LogP contribution is 2.44. The summed E-state index contributed by atoms with van der Waals surface area (Å²) >= 11 is 0. The summed E-state index contributed by atoms with van der Waals surface area (Å²) < 4.78 is 11.1. The van der Waals surface area contributed by atoms with Crippen LogP contribution >= 0.6 is 0 Å². The number of hydrogen-bond donors (Lipinski definition) is 2. The second-order valence-electron chi connectivity index (χ2n) is 9.45. The van der Waals surface area contributed by atoms with Gasteiger partial charge >= 0.3 is 12.1 Å². The van der Waals surface area contributed by atoms with Gasteiger partial charge in [-0.05, 0) is 48.9 Å². The Kier molecular flexibility index (Phi) is 6.53. The summed E-state index contributed by atoms with van der Waals surface area (Å²) in [5.74, 6) is -0.307. The van der Waals surface area contributed by atoms with Crippen LogP contribution in [0.3, 0.4) is 0 Å². The lowest BCUT2D eigenvalue weighted by Gasteiger charge is -2.38. The predicted molar refractivity (Wildman–Crippen MR) is 140 cm³/mol. The Morgan fingerprint density at radius 2 is 1.54 bits per heavy atom. The van der Waals surface area contributed by atoms with Crippen LogP contribution in [0, 0.1) is 6.92 Å². The van der Waals surface area contributed by atoms with E-state index in [4.69, 9.17) is 9.26 Å². The van der Waals surface area contributed by atoms with Crippen LogP contribution in [0.1, 0.15) is 49.1 Å². The fourth-order valence-electron chi connectivity index (χ4n) is 4.75. The fraction of sp³-hybridized carbons (Fsp3) is 0.233. The maximum absolute atomic E-state index is 12.6. The number of hydrogen-bond acceptors (Lipinski definition) is 5. The van der Waals surface area contributed by atoms with E-state index in [9.17, 15) is 14.7 Å². The standard InChI is InChI=1S/C30H28N2O5/c1-19-26(31-29(35)36-20(2)21-7-4-3-5-8-21)27(37-32-19)24-11-9-22(10-12-24)23-13-15-25(16-14-23)30(28(33)34)17-6-18-30/h3-5,7-16,20H,6,17-18H2,1-2H3,(H,31,35)(H,33,34). The van der Waals surface area contributed by atoms with Crippen molar-refractivity contribution in [2.75, 3.05) is 5.32 Å². The zero-order valence-corrected chi connectivity index (χ0v) is 20.7. The molecular weight excluding hydrogens is 468 g/mol. The summed E-state index contributed by atoms with van der Waals surface area (Å²) in [4.78, 5) is 24.4. The average molecular weight is 497 g/mol. The molecule has 7 heteroatoms. The molecule has 37 heavy (non-hydrogen) atoms. The lowest BCUT2D eigenvalue weighted by atomic mass is 9.64. The first-order chi connectivity index (χ1) is 17.9. The summed E-state index contributed by atoms with van der Waals surface area (Å²) in [7, 11) is 0. The van der Waals surface area contributed by atoms with Crippen molar-refractivity contribution < 1.29 is 24.0 Å². The van der Waals surface area contributed by atoms with Gasteiger partial charge in [0.25, 0.3) is 0 Å². The van der Waals surface area contributed by atoms with E-state index in [2.05, 4.69) is 10.5 Å². The van der Waals surface area contributed by atoms with E-state index in [0.29, 0.717) is 30.0 Å². The molecule has 0 spiro atoms. The molecule has 1 atom stereocenters. The number of nitrogens with zero attached hydrogens (tertiary/aromatic N) is 1. The molecule has 0 radical (unpaired) electrons. The van der Waals surface area contributed by atoms with E-state index < -0.39 is 23.6 Å². The van der Waals surface area contributed by atoms with Crippen LogP contribution in [0.15, 0.2) is 83.4 Å². The highest BCUT2D eigenvalue weighted by Gasteiger charge is 2.45. The predicted octanol–water partition coefficient (Wildman–Crippen LogP) is 7.13. The number of amides is 1. The number of carbonyl (C=O) groups is 2. The summed E-state index contributed by atoms with van der Waals surface area (Å²) in [5, 5.41) is 16.5. The number of carbonyl (C=O) groups excluding carboxylic acids is 1. The van der Waals surface area contributed by atoms with Crippen molar-refractivity contribution >= 4 is 17.7 Å². The molecule has 1 aliphatic carbocycles. The van der Waals surface area contributed by atoms with Crippen molar-refractivity contribution in [3.63, 3.8) is 0 Å². The minimum absolute atomic E-state index is 0.412. The number of aromatic nitrogens is 1. The van der Waals surface area contributed by atoms with Crippen molar-refractivity contribution in [1.29, 1.82) is 0 Å². The first-order valence-electron chi connectivity index (χ1n) is 12.3. The number of benzene rings is 3. The molecule has 1 unspecified atom stereocenters. The van der Waals surface area contributed by atoms with E-state index >= 15 is 0 Å². The van der Waals surface area contributed by atoms with Crippen molar-refractivity contribution in [2.24, 2.45) is 0 Å². The van der Waals surface area contributed by atoms with Gasteiger partial charge in [-0.3, -0.25) is 10.1 Å². The highest BCUT2D eigenvalue weighted by atomic mass is 16.6. The molecule has 1 aliphatic rings. The number of aliphatic carboxylic acids is 1. The van der Waals surface area contributed by atoms with Gasteiger partial charge in [-0.1, -0.05) is 90.4 Å². The Hall–Kier alpha value is -4.39. The van der Waals surface area contributed by atoms with Gasteiger partial charge in [-0.25, -0.2) is 4.79 Å². The van der Waals surface area contributed by atoms with Crippen LogP contribution in [0.5, 0.6) is 0 Å². The number of carboxylic acid groups (broad SMARTS) is 1. The van der Waals surface area contributed by atoms with Crippen LogP contribution in [0.2, 0.25) is 0 Å². The van der Waals surface area contributed by atoms with Gasteiger partial charge in [0.05, 0.1) is 5.41 Å². The van der Waals surface area contributed by atoms with Gasteiger partial charge in [0.2, 0.25) is 0 Å². The molecule has 0 aliphatic heterocycles. The van der Waals surface area contributed by atoms with Crippen molar-refractivity contribution in [3.8, 4) is 22.5 Å². The monoisotopic (exact) mass is 496 g/mol. The largest absolute Gasteiger partial charge is 0.481 e. The van der Waals surface area contributed by atoms with Gasteiger partial charge in [0.15, 0.2) is 5.76 Å². The Morgan fingerprint density at radius 3 is 2.11 bits per heavy atom. The molecule has 2 N–H and O–H groups in total. The van der Waals surface area contributed by atoms with E-state index in [1.165, 1.54) is 0 Å². The zero-order chi connectivity index (χ0) is 26.0. The molecule has 1 heterocycles. The molecule has 0 bridgehead atoms. The van der Waals surface area contributed by atoms with E-state index in [-0.39, 0.29) is 0 Å². The number of anilines is 1. The summed E-state index contributed by atoms with van der Waals surface area (Å²) in [6.45, 7) is 3.57. The third-order valence-electron chi connectivity index (χ3n) is 7.18. The lowest BCUT2D eigenvalue weighted by molar-refractivity contribution is -0.147. The number of aryl methyl sites for hydroxylation is 1. The number of ether oxygens (including phenoxy) is 1. The normalized spacial score (nSPS) is 14.9. The van der Waals surface area contributed by atoms with Crippen LogP contribution < -0.4 is 5.32 Å². The van der Waals surface area contributed by atoms with Gasteiger partial charge in [0.1, 0.15) is 17.5 Å². The van der Waals surface area contributed by atoms with Gasteiger partial charge in [-0.2, -0.15) is 0 Å². The molecule has 1 saturated carbocycles. The van der Waals surface area contributed by atoms with Gasteiger partial charge in [-0.15, -0.1) is 0 Å². The van der Waals surface area contributed by atoms with Crippen LogP contribution in [0.25, 0.3) is 22.5 Å². The average Bonchev–Trinajstić information content (AvgIpc) is 3.24. The van der Waals surface area contributed by atoms with E-state index in [1.54, 1.807) is 6.92 Å². The molecule has 3 aromatic carbocycles. The third-order valence-corrected chi connectivity index (χ3v) is 7.18. The number of rotatable bonds is 7. The van der Waals surface area contributed by atoms with Crippen molar-refractivity contribution in [2.45, 2.75) is 44.6 Å². The Balaban J connectivity index is 1.30. The second kappa shape index (κ2) is 9.93. The topological polar surface area (TPSA) is 102 Å². The van der Waals surface area contributed by atoms with Crippen LogP contribution in [-0.2, 0) is 14.9 Å². The molecule has 1 amide bonds. The second-order valence-corrected chi connectivity index (χ2v) is 9.45. The lowest BCUT2D eigenvalue weighted by Crippen LogP contribution is -2.42. The third kappa shape index (κ3) is 4.72. The van der Waals surface area contributed by atoms with Crippen molar-refractivity contribution in [3.05, 3.63) is 95.7 Å². The minimum Gasteiger partial charge on any atom is -0.481 e. The molecule has 0 saturated heterocycles. The number of nitrogens with one attached hydrogen (secondary N) is 1. The zero-order valence-electron chi connectivity index (χ0n) is 20.7. The molecule has 1 fully saturated rings. The first-order valence-corrected chi connectivity index (χ1v) is 12.3. The summed E-state index contributed by atoms with van der Waals surface area (Å²) in [6.07, 6.45) is 1.30. The van der Waals surface area contributed by atoms with Crippen LogP contribution in [-0.4, -0.2) is 22.3 Å². The van der Waals surface area contributed by atoms with Crippen molar-refractivity contribution in [1.82, 2.24) is 5.16 Å². The molecule has 7 nitrogen and oxygen atoms in total. The molecule has 1 aromatic heterocycles. The smallest absolute Gasteiger partial charge is 0.412 e. The SMILES string of the molecule is Cc1noc(-c2ccc(-c3ccc(C4(C(=O)O)CCC4)cc3)cc2)c1NC(=O)OC(C)c1ccccc1. The minimum atomic E-state index is -0.749. The summed E-state index contributed by atoms with van der Waals surface area (Å²) in [6, 6.07) is 25.0. The van der Waals surface area contributed by atoms with E-state index in [0.717, 1.165) is 34.2 Å². The van der Waals surface area contributed by atoms with E-state index in [1.807, 2.05) is 85.8 Å². The summed E-state index contributed by atoms with van der Waals surface area (Å²) in [5.41, 5.74) is 4.74. The fourth-order valence-corrected chi connectivity index (χ4v) is 4.75. The Bertz CT molecular complexity index is 1400. The highest BCUT2D eigenvalue weighted by molar-refractivity contribution is 5.91. The van der Waals surface area contributed by atoms with Gasteiger partial charge < -0.3 is 14.4 Å². The molecule has 4 aromatic rings. The molecule has 188 valence electrons. The maximum atomic E-state index is 12.6. The molecular formula is C30H28N2O5. The van der Waals surface area contributed by atoms with Crippen LogP contribution in [0.4, 0.5) is 10.5 Å². The first kappa shape index (κ1) is 24.3. The quantitative estimate of drug-likeness (QED) is 0.282. The maximum Gasteiger partial charge on any atom is 0.412 e. The Labute approximate surface area is 215 Å². The Morgan fingerprint density at radius 1 is 0.946 bits per heavy atom. The number of carboxylic acids is 1. The van der Waals surface area contributed by atoms with Gasteiger partial charge in [0, 0.05) is 5.56 Å².